The van der Waals surface area contributed by atoms with Crippen molar-refractivity contribution in [2.24, 2.45) is 10.7 Å². The SMILES string of the molecule is COc1ccccc1NC(N)=NCC1(NC(C)c2ccccc2)CCOCC1.I. The van der Waals surface area contributed by atoms with Gasteiger partial charge in [0, 0.05) is 24.8 Å². The van der Waals surface area contributed by atoms with E-state index in [-0.39, 0.29) is 35.6 Å². The molecule has 29 heavy (non-hydrogen) atoms. The first-order valence-corrected chi connectivity index (χ1v) is 9.72. The van der Waals surface area contributed by atoms with Crippen LogP contribution in [-0.4, -0.2) is 38.4 Å². The van der Waals surface area contributed by atoms with Gasteiger partial charge in [0.2, 0.25) is 0 Å². The standard InChI is InChI=1S/C22H30N4O2.HI/c1-17(18-8-4-3-5-9-18)26-22(12-14-28-15-13-22)16-24-21(23)25-19-10-6-7-11-20(19)27-2;/h3-11,17,26H,12-16H2,1-2H3,(H3,23,24,25);1H. The molecule has 0 aromatic heterocycles. The predicted octanol–water partition coefficient (Wildman–Crippen LogP) is 3.94. The molecule has 1 unspecified atom stereocenters. The molecule has 1 heterocycles. The minimum atomic E-state index is -0.138. The average molecular weight is 510 g/mol. The Morgan fingerprint density at radius 2 is 1.79 bits per heavy atom. The van der Waals surface area contributed by atoms with Crippen molar-refractivity contribution in [1.29, 1.82) is 0 Å². The van der Waals surface area contributed by atoms with Gasteiger partial charge in [-0.2, -0.15) is 0 Å². The van der Waals surface area contributed by atoms with Crippen molar-refractivity contribution in [1.82, 2.24) is 5.32 Å². The van der Waals surface area contributed by atoms with Gasteiger partial charge in [-0.3, -0.25) is 4.99 Å². The molecule has 0 radical (unpaired) electrons. The van der Waals surface area contributed by atoms with Gasteiger partial charge in [-0.15, -0.1) is 24.0 Å². The summed E-state index contributed by atoms with van der Waals surface area (Å²) in [5, 5.41) is 6.94. The number of benzene rings is 2. The molecule has 1 fully saturated rings. The van der Waals surface area contributed by atoms with Crippen LogP contribution in [0.15, 0.2) is 59.6 Å². The second kappa shape index (κ2) is 11.4. The van der Waals surface area contributed by atoms with E-state index in [4.69, 9.17) is 15.2 Å². The topological polar surface area (TPSA) is 80.9 Å². The molecule has 4 N–H and O–H groups in total. The Balaban J connectivity index is 0.00000300. The zero-order valence-corrected chi connectivity index (χ0v) is 19.4. The molecule has 0 saturated carbocycles. The molecule has 1 aliphatic heterocycles. The van der Waals surface area contributed by atoms with E-state index in [1.165, 1.54) is 5.56 Å². The monoisotopic (exact) mass is 510 g/mol. The van der Waals surface area contributed by atoms with E-state index >= 15 is 0 Å². The van der Waals surface area contributed by atoms with Crippen LogP contribution in [0.5, 0.6) is 5.75 Å². The number of aliphatic imine (C=N–C) groups is 1. The van der Waals surface area contributed by atoms with Gasteiger partial charge in [0.05, 0.1) is 19.3 Å². The fourth-order valence-electron chi connectivity index (χ4n) is 3.56. The molecule has 1 aliphatic rings. The highest BCUT2D eigenvalue weighted by Gasteiger charge is 2.33. The van der Waals surface area contributed by atoms with Crippen LogP contribution in [0, 0.1) is 0 Å². The number of ether oxygens (including phenoxy) is 2. The van der Waals surface area contributed by atoms with E-state index < -0.39 is 0 Å². The molecule has 0 spiro atoms. The number of rotatable bonds is 7. The normalized spacial score (nSPS) is 17.1. The molecular formula is C22H31IN4O2. The fourth-order valence-corrected chi connectivity index (χ4v) is 3.56. The van der Waals surface area contributed by atoms with Crippen LogP contribution in [0.3, 0.4) is 0 Å². The van der Waals surface area contributed by atoms with Crippen LogP contribution in [0.4, 0.5) is 5.69 Å². The Morgan fingerprint density at radius 3 is 2.48 bits per heavy atom. The Bertz CT molecular complexity index is 779. The molecule has 1 saturated heterocycles. The fraction of sp³-hybridized carbons (Fsp3) is 0.409. The highest BCUT2D eigenvalue weighted by Crippen LogP contribution is 2.26. The summed E-state index contributed by atoms with van der Waals surface area (Å²) in [6, 6.07) is 18.3. The van der Waals surface area contributed by atoms with Crippen LogP contribution in [-0.2, 0) is 4.74 Å². The number of methoxy groups -OCH3 is 1. The Kier molecular flexibility index (Phi) is 9.19. The summed E-state index contributed by atoms with van der Waals surface area (Å²) in [5.41, 5.74) is 8.10. The van der Waals surface area contributed by atoms with Crippen molar-refractivity contribution >= 4 is 35.6 Å². The third-order valence-corrected chi connectivity index (χ3v) is 5.19. The zero-order valence-electron chi connectivity index (χ0n) is 17.1. The lowest BCUT2D eigenvalue weighted by Crippen LogP contribution is -2.53. The molecule has 0 amide bonds. The average Bonchev–Trinajstić information content (AvgIpc) is 2.74. The number of nitrogens with zero attached hydrogens (tertiary/aromatic N) is 1. The highest BCUT2D eigenvalue weighted by atomic mass is 127. The van der Waals surface area contributed by atoms with Crippen molar-refractivity contribution in [3.63, 3.8) is 0 Å². The second-order valence-electron chi connectivity index (χ2n) is 7.20. The van der Waals surface area contributed by atoms with Crippen LogP contribution in [0.2, 0.25) is 0 Å². The largest absolute Gasteiger partial charge is 0.495 e. The summed E-state index contributed by atoms with van der Waals surface area (Å²) in [4.78, 5) is 4.65. The van der Waals surface area contributed by atoms with Gasteiger partial charge < -0.3 is 25.8 Å². The molecular weight excluding hydrogens is 479 g/mol. The zero-order chi connectivity index (χ0) is 19.8. The van der Waals surface area contributed by atoms with Crippen molar-refractivity contribution in [2.45, 2.75) is 31.3 Å². The molecule has 2 aromatic carbocycles. The number of nitrogens with one attached hydrogen (secondary N) is 2. The van der Waals surface area contributed by atoms with Gasteiger partial charge in [-0.25, -0.2) is 0 Å². The molecule has 6 nitrogen and oxygen atoms in total. The number of halogens is 1. The van der Waals surface area contributed by atoms with Gasteiger partial charge in [-0.05, 0) is 37.5 Å². The molecule has 7 heteroatoms. The summed E-state index contributed by atoms with van der Waals surface area (Å²) < 4.78 is 11.0. The van der Waals surface area contributed by atoms with Gasteiger partial charge in [-0.1, -0.05) is 42.5 Å². The number of guanidine groups is 1. The Morgan fingerprint density at radius 1 is 1.14 bits per heavy atom. The maximum absolute atomic E-state index is 6.17. The number of para-hydroxylation sites is 2. The summed E-state index contributed by atoms with van der Waals surface area (Å²) in [5.74, 6) is 1.11. The van der Waals surface area contributed by atoms with Gasteiger partial charge in [0.1, 0.15) is 5.75 Å². The molecule has 0 aliphatic carbocycles. The minimum Gasteiger partial charge on any atom is -0.495 e. The van der Waals surface area contributed by atoms with Gasteiger partial charge in [0.15, 0.2) is 5.96 Å². The summed E-state index contributed by atoms with van der Waals surface area (Å²) in [6.07, 6.45) is 1.80. The van der Waals surface area contributed by atoms with Crippen LogP contribution in [0.25, 0.3) is 0 Å². The third kappa shape index (κ3) is 6.58. The quantitative estimate of drug-likeness (QED) is 0.299. The smallest absolute Gasteiger partial charge is 0.193 e. The Labute approximate surface area is 190 Å². The van der Waals surface area contributed by atoms with E-state index in [0.29, 0.717) is 12.5 Å². The lowest BCUT2D eigenvalue weighted by Gasteiger charge is -2.39. The molecule has 0 bridgehead atoms. The summed E-state index contributed by atoms with van der Waals surface area (Å²) in [7, 11) is 1.64. The van der Waals surface area contributed by atoms with Crippen LogP contribution in [0.1, 0.15) is 31.4 Å². The van der Waals surface area contributed by atoms with E-state index in [9.17, 15) is 0 Å². The highest BCUT2D eigenvalue weighted by molar-refractivity contribution is 14.0. The molecule has 3 rings (SSSR count). The van der Waals surface area contributed by atoms with Crippen LogP contribution >= 0.6 is 24.0 Å². The number of hydrogen-bond donors (Lipinski definition) is 3. The van der Waals surface area contributed by atoms with Crippen molar-refractivity contribution < 1.29 is 9.47 Å². The van der Waals surface area contributed by atoms with Crippen LogP contribution < -0.4 is 21.1 Å². The van der Waals surface area contributed by atoms with Crippen molar-refractivity contribution in [3.8, 4) is 5.75 Å². The summed E-state index contributed by atoms with van der Waals surface area (Å²) >= 11 is 0. The molecule has 158 valence electrons. The Hall–Kier alpha value is -1.84. The van der Waals surface area contributed by atoms with E-state index in [1.54, 1.807) is 7.11 Å². The molecule has 1 atom stereocenters. The molecule has 2 aromatic rings. The summed E-state index contributed by atoms with van der Waals surface area (Å²) in [6.45, 7) is 4.22. The van der Waals surface area contributed by atoms with Crippen molar-refractivity contribution in [2.75, 3.05) is 32.2 Å². The number of nitrogens with two attached hydrogens (primary N) is 1. The third-order valence-electron chi connectivity index (χ3n) is 5.19. The first-order chi connectivity index (χ1) is 13.6. The van der Waals surface area contributed by atoms with Crippen molar-refractivity contribution in [3.05, 3.63) is 60.2 Å². The van der Waals surface area contributed by atoms with E-state index in [1.807, 2.05) is 30.3 Å². The first kappa shape index (κ1) is 23.4. The number of anilines is 1. The lowest BCUT2D eigenvalue weighted by molar-refractivity contribution is 0.0375. The van der Waals surface area contributed by atoms with E-state index in [2.05, 4.69) is 46.8 Å². The number of hydrogen-bond acceptors (Lipinski definition) is 4. The maximum atomic E-state index is 6.17. The van der Waals surface area contributed by atoms with E-state index in [0.717, 1.165) is 37.5 Å². The predicted molar refractivity (Wildman–Crippen MR) is 129 cm³/mol. The van der Waals surface area contributed by atoms with Gasteiger partial charge >= 0.3 is 0 Å². The minimum absolute atomic E-state index is 0. The lowest BCUT2D eigenvalue weighted by atomic mass is 9.88. The second-order valence-corrected chi connectivity index (χ2v) is 7.20. The van der Waals surface area contributed by atoms with Gasteiger partial charge in [0.25, 0.3) is 0 Å². The first-order valence-electron chi connectivity index (χ1n) is 9.72. The maximum Gasteiger partial charge on any atom is 0.193 e.